The standard InChI is InChI=1S/C14H24O4/c15-10-6-2-1-5-9-13(16)12-8-4-3-7-11-18-14(12)17/h12,15H,1-11H2. The van der Waals surface area contributed by atoms with E-state index in [1.807, 2.05) is 0 Å². The Hall–Kier alpha value is -0.900. The summed E-state index contributed by atoms with van der Waals surface area (Å²) in [5.41, 5.74) is 0. The molecule has 104 valence electrons. The minimum absolute atomic E-state index is 0.0332. The summed E-state index contributed by atoms with van der Waals surface area (Å²) in [6.07, 6.45) is 7.48. The average molecular weight is 256 g/mol. The van der Waals surface area contributed by atoms with Crippen molar-refractivity contribution in [2.75, 3.05) is 13.2 Å². The maximum Gasteiger partial charge on any atom is 0.316 e. The number of cyclic esters (lactones) is 1. The fourth-order valence-corrected chi connectivity index (χ4v) is 2.25. The van der Waals surface area contributed by atoms with Gasteiger partial charge in [0, 0.05) is 13.0 Å². The molecule has 0 amide bonds. The van der Waals surface area contributed by atoms with Gasteiger partial charge >= 0.3 is 5.97 Å². The van der Waals surface area contributed by atoms with Crippen LogP contribution in [-0.4, -0.2) is 30.1 Å². The molecule has 0 aromatic carbocycles. The molecule has 1 unspecified atom stereocenters. The van der Waals surface area contributed by atoms with Gasteiger partial charge in [0.25, 0.3) is 0 Å². The molecule has 1 heterocycles. The van der Waals surface area contributed by atoms with Crippen molar-refractivity contribution >= 4 is 11.8 Å². The fraction of sp³-hybridized carbons (Fsp3) is 0.857. The van der Waals surface area contributed by atoms with Crippen LogP contribution in [-0.2, 0) is 14.3 Å². The third-order valence-electron chi connectivity index (χ3n) is 3.39. The summed E-state index contributed by atoms with van der Waals surface area (Å²) in [6.45, 7) is 0.669. The van der Waals surface area contributed by atoms with Gasteiger partial charge in [0.15, 0.2) is 0 Å². The van der Waals surface area contributed by atoms with Crippen molar-refractivity contribution in [3.8, 4) is 0 Å². The average Bonchev–Trinajstić information content (AvgIpc) is 2.34. The molecule has 0 radical (unpaired) electrons. The molecule has 1 saturated heterocycles. The summed E-state index contributed by atoms with van der Waals surface area (Å²) in [6, 6.07) is 0. The van der Waals surface area contributed by atoms with Gasteiger partial charge in [-0.25, -0.2) is 0 Å². The van der Waals surface area contributed by atoms with Crippen LogP contribution in [0.1, 0.15) is 57.8 Å². The molecule has 0 aliphatic carbocycles. The quantitative estimate of drug-likeness (QED) is 0.431. The molecule has 18 heavy (non-hydrogen) atoms. The van der Waals surface area contributed by atoms with Crippen molar-refractivity contribution < 1.29 is 19.4 Å². The Balaban J connectivity index is 2.26. The zero-order valence-corrected chi connectivity index (χ0v) is 11.0. The summed E-state index contributed by atoms with van der Waals surface area (Å²) < 4.78 is 5.07. The maximum atomic E-state index is 12.0. The van der Waals surface area contributed by atoms with Gasteiger partial charge in [-0.3, -0.25) is 9.59 Å². The molecule has 1 fully saturated rings. The van der Waals surface area contributed by atoms with E-state index in [0.29, 0.717) is 19.4 Å². The van der Waals surface area contributed by atoms with E-state index in [1.165, 1.54) is 0 Å². The van der Waals surface area contributed by atoms with Crippen LogP contribution < -0.4 is 0 Å². The lowest BCUT2D eigenvalue weighted by molar-refractivity contribution is -0.153. The second kappa shape index (κ2) is 9.09. The highest BCUT2D eigenvalue weighted by Crippen LogP contribution is 2.19. The number of Topliss-reactive ketones (excluding diaryl/α,β-unsaturated/α-hetero) is 1. The van der Waals surface area contributed by atoms with Crippen LogP contribution in [0, 0.1) is 5.92 Å². The number of ketones is 1. The molecule has 4 nitrogen and oxygen atoms in total. The number of aliphatic hydroxyl groups is 1. The molecule has 0 aromatic rings. The number of carbonyl (C=O) groups is 2. The zero-order valence-electron chi connectivity index (χ0n) is 11.0. The summed E-state index contributed by atoms with van der Waals surface area (Å²) in [4.78, 5) is 23.6. The smallest absolute Gasteiger partial charge is 0.316 e. The van der Waals surface area contributed by atoms with Crippen LogP contribution in [0.15, 0.2) is 0 Å². The second-order valence-corrected chi connectivity index (χ2v) is 4.92. The number of hydrogen-bond acceptors (Lipinski definition) is 4. The first-order valence-corrected chi connectivity index (χ1v) is 7.06. The molecule has 1 aliphatic heterocycles. The largest absolute Gasteiger partial charge is 0.465 e. The van der Waals surface area contributed by atoms with Gasteiger partial charge in [-0.15, -0.1) is 0 Å². The lowest BCUT2D eigenvalue weighted by Gasteiger charge is -2.17. The topological polar surface area (TPSA) is 63.6 Å². The molecular formula is C14H24O4. The minimum atomic E-state index is -0.525. The SMILES string of the molecule is O=C(CCCCCCO)C1CCCCCOC1=O. The van der Waals surface area contributed by atoms with E-state index in [4.69, 9.17) is 9.84 Å². The highest BCUT2D eigenvalue weighted by molar-refractivity contribution is 5.98. The first kappa shape index (κ1) is 15.2. The number of aliphatic hydroxyl groups excluding tert-OH is 1. The molecule has 0 spiro atoms. The van der Waals surface area contributed by atoms with Crippen molar-refractivity contribution in [3.05, 3.63) is 0 Å². The molecule has 1 rings (SSSR count). The summed E-state index contributed by atoms with van der Waals surface area (Å²) in [5.74, 6) is -0.816. The van der Waals surface area contributed by atoms with E-state index in [1.54, 1.807) is 0 Å². The lowest BCUT2D eigenvalue weighted by Crippen LogP contribution is -2.27. The molecule has 1 atom stereocenters. The van der Waals surface area contributed by atoms with Crippen LogP contribution >= 0.6 is 0 Å². The predicted molar refractivity (Wildman–Crippen MR) is 68.1 cm³/mol. The van der Waals surface area contributed by atoms with Gasteiger partial charge in [-0.05, 0) is 25.7 Å². The first-order valence-electron chi connectivity index (χ1n) is 7.06. The maximum absolute atomic E-state index is 12.0. The highest BCUT2D eigenvalue weighted by Gasteiger charge is 2.27. The van der Waals surface area contributed by atoms with Crippen molar-refractivity contribution in [3.63, 3.8) is 0 Å². The van der Waals surface area contributed by atoms with E-state index in [-0.39, 0.29) is 18.4 Å². The number of ether oxygens (including phenoxy) is 1. The van der Waals surface area contributed by atoms with Crippen LogP contribution in [0.4, 0.5) is 0 Å². The van der Waals surface area contributed by atoms with E-state index in [9.17, 15) is 9.59 Å². The second-order valence-electron chi connectivity index (χ2n) is 4.92. The van der Waals surface area contributed by atoms with Crippen molar-refractivity contribution in [2.45, 2.75) is 57.8 Å². The predicted octanol–water partition coefficient (Wildman–Crippen LogP) is 2.23. The molecule has 0 saturated carbocycles. The lowest BCUT2D eigenvalue weighted by atomic mass is 9.92. The van der Waals surface area contributed by atoms with Crippen LogP contribution in [0.5, 0.6) is 0 Å². The minimum Gasteiger partial charge on any atom is -0.465 e. The number of rotatable bonds is 7. The molecule has 4 heteroatoms. The van der Waals surface area contributed by atoms with E-state index < -0.39 is 5.92 Å². The molecule has 0 bridgehead atoms. The van der Waals surface area contributed by atoms with Gasteiger partial charge in [-0.1, -0.05) is 25.7 Å². The van der Waals surface area contributed by atoms with E-state index in [0.717, 1.165) is 44.9 Å². The third-order valence-corrected chi connectivity index (χ3v) is 3.39. The van der Waals surface area contributed by atoms with Gasteiger partial charge in [-0.2, -0.15) is 0 Å². The van der Waals surface area contributed by atoms with Crippen molar-refractivity contribution in [1.82, 2.24) is 0 Å². The number of carbonyl (C=O) groups excluding carboxylic acids is 2. The fourth-order valence-electron chi connectivity index (χ4n) is 2.25. The molecule has 1 aliphatic rings. The summed E-state index contributed by atoms with van der Waals surface area (Å²) >= 11 is 0. The molecular weight excluding hydrogens is 232 g/mol. The summed E-state index contributed by atoms with van der Waals surface area (Å²) in [7, 11) is 0. The van der Waals surface area contributed by atoms with E-state index in [2.05, 4.69) is 0 Å². The highest BCUT2D eigenvalue weighted by atomic mass is 16.5. The Morgan fingerprint density at radius 2 is 1.94 bits per heavy atom. The number of esters is 1. The molecule has 0 aromatic heterocycles. The Bertz CT molecular complexity index is 263. The van der Waals surface area contributed by atoms with Crippen molar-refractivity contribution in [2.24, 2.45) is 5.92 Å². The van der Waals surface area contributed by atoms with Gasteiger partial charge < -0.3 is 9.84 Å². The van der Waals surface area contributed by atoms with E-state index >= 15 is 0 Å². The monoisotopic (exact) mass is 256 g/mol. The van der Waals surface area contributed by atoms with Gasteiger partial charge in [0.2, 0.25) is 0 Å². The number of hydrogen-bond donors (Lipinski definition) is 1. The number of unbranched alkanes of at least 4 members (excludes halogenated alkanes) is 3. The summed E-state index contributed by atoms with van der Waals surface area (Å²) in [5, 5.41) is 8.64. The van der Waals surface area contributed by atoms with Crippen LogP contribution in [0.25, 0.3) is 0 Å². The normalized spacial score (nSPS) is 20.9. The van der Waals surface area contributed by atoms with Gasteiger partial charge in [0.1, 0.15) is 11.7 Å². The van der Waals surface area contributed by atoms with Crippen LogP contribution in [0.2, 0.25) is 0 Å². The zero-order chi connectivity index (χ0) is 13.2. The Labute approximate surface area is 109 Å². The Kier molecular flexibility index (Phi) is 7.65. The third kappa shape index (κ3) is 5.63. The Morgan fingerprint density at radius 1 is 1.17 bits per heavy atom. The Morgan fingerprint density at radius 3 is 2.72 bits per heavy atom. The molecule has 1 N–H and O–H groups in total. The first-order chi connectivity index (χ1) is 8.75. The van der Waals surface area contributed by atoms with Crippen molar-refractivity contribution in [1.29, 1.82) is 0 Å². The van der Waals surface area contributed by atoms with Crippen LogP contribution in [0.3, 0.4) is 0 Å². The van der Waals surface area contributed by atoms with Gasteiger partial charge in [0.05, 0.1) is 6.61 Å².